The number of fused-ring (bicyclic) bond motifs is 1. The topological polar surface area (TPSA) is 17.1 Å². The van der Waals surface area contributed by atoms with Crippen molar-refractivity contribution in [3.63, 3.8) is 0 Å². The molecular formula is C21H13FOS. The molecule has 0 N–H and O–H groups in total. The van der Waals surface area contributed by atoms with Gasteiger partial charge in [-0.2, -0.15) is 0 Å². The van der Waals surface area contributed by atoms with Crippen LogP contribution in [0.4, 0.5) is 4.39 Å². The Bertz CT molecular complexity index is 943. The number of carbonyl (C=O) groups is 1. The average molecular weight is 332 g/mol. The summed E-state index contributed by atoms with van der Waals surface area (Å²) in [7, 11) is 0. The standard InChI is InChI=1S/C21H13FOS/c22-15-10-12-16(13-11-15)24-21-19(14-6-2-1-3-7-14)17-8-4-5-9-18(17)20(21)23/h1-13H. The highest BCUT2D eigenvalue weighted by Gasteiger charge is 2.30. The maximum Gasteiger partial charge on any atom is 0.200 e. The van der Waals surface area contributed by atoms with Crippen molar-refractivity contribution in [1.82, 2.24) is 0 Å². The number of benzene rings is 3. The van der Waals surface area contributed by atoms with Crippen molar-refractivity contribution in [3.8, 4) is 0 Å². The molecule has 116 valence electrons. The number of allylic oxidation sites excluding steroid dienone is 1. The molecule has 3 heteroatoms. The number of thioether (sulfide) groups is 1. The Labute approximate surface area is 143 Å². The minimum atomic E-state index is -0.280. The number of hydrogen-bond donors (Lipinski definition) is 0. The Balaban J connectivity index is 1.87. The number of rotatable bonds is 3. The number of ketones is 1. The summed E-state index contributed by atoms with van der Waals surface area (Å²) in [6.07, 6.45) is 0. The molecule has 0 aliphatic heterocycles. The molecule has 0 fully saturated rings. The maximum atomic E-state index is 13.1. The van der Waals surface area contributed by atoms with Crippen LogP contribution in [0.15, 0.2) is 88.7 Å². The molecule has 0 radical (unpaired) electrons. The number of Topliss-reactive ketones (excluding diaryl/α,β-unsaturated/α-hetero) is 1. The molecule has 0 saturated carbocycles. The molecule has 0 aromatic heterocycles. The minimum absolute atomic E-state index is 0.0266. The van der Waals surface area contributed by atoms with Crippen LogP contribution in [0.25, 0.3) is 5.57 Å². The van der Waals surface area contributed by atoms with Crippen LogP contribution in [0.5, 0.6) is 0 Å². The maximum absolute atomic E-state index is 13.1. The molecule has 0 amide bonds. The van der Waals surface area contributed by atoms with Gasteiger partial charge >= 0.3 is 0 Å². The first-order valence-corrected chi connectivity index (χ1v) is 8.43. The molecule has 1 nitrogen and oxygen atoms in total. The Hall–Kier alpha value is -2.65. The van der Waals surface area contributed by atoms with Gasteiger partial charge in [0.25, 0.3) is 0 Å². The van der Waals surface area contributed by atoms with Crippen molar-refractivity contribution in [3.05, 3.63) is 106 Å². The van der Waals surface area contributed by atoms with Crippen LogP contribution in [-0.2, 0) is 0 Å². The second-order valence-electron chi connectivity index (χ2n) is 5.50. The predicted octanol–water partition coefficient (Wildman–Crippen LogP) is 5.57. The molecule has 0 unspecified atom stereocenters. The second kappa shape index (κ2) is 6.10. The third-order valence-corrected chi connectivity index (χ3v) is 5.07. The Morgan fingerprint density at radius 2 is 1.33 bits per heavy atom. The van der Waals surface area contributed by atoms with E-state index in [1.807, 2.05) is 54.6 Å². The van der Waals surface area contributed by atoms with Gasteiger partial charge in [-0.05, 0) is 35.4 Å². The summed E-state index contributed by atoms with van der Waals surface area (Å²) in [6, 6.07) is 23.8. The van der Waals surface area contributed by atoms with Gasteiger partial charge < -0.3 is 0 Å². The number of hydrogen-bond acceptors (Lipinski definition) is 2. The lowest BCUT2D eigenvalue weighted by Crippen LogP contribution is -1.95. The molecule has 0 saturated heterocycles. The van der Waals surface area contributed by atoms with Crippen molar-refractivity contribution in [1.29, 1.82) is 0 Å². The van der Waals surface area contributed by atoms with E-state index in [1.54, 1.807) is 12.1 Å². The zero-order valence-electron chi connectivity index (χ0n) is 12.7. The lowest BCUT2D eigenvalue weighted by molar-refractivity contribution is 0.104. The first-order chi connectivity index (χ1) is 11.7. The second-order valence-corrected chi connectivity index (χ2v) is 6.58. The van der Waals surface area contributed by atoms with Crippen LogP contribution < -0.4 is 0 Å². The van der Waals surface area contributed by atoms with Crippen molar-refractivity contribution in [2.75, 3.05) is 0 Å². The molecule has 4 rings (SSSR count). The van der Waals surface area contributed by atoms with Crippen molar-refractivity contribution < 1.29 is 9.18 Å². The van der Waals surface area contributed by atoms with Gasteiger partial charge in [0.15, 0.2) is 0 Å². The van der Waals surface area contributed by atoms with E-state index in [-0.39, 0.29) is 11.6 Å². The zero-order chi connectivity index (χ0) is 16.5. The van der Waals surface area contributed by atoms with E-state index >= 15 is 0 Å². The van der Waals surface area contributed by atoms with Crippen LogP contribution in [0.2, 0.25) is 0 Å². The summed E-state index contributed by atoms with van der Waals surface area (Å²) in [4.78, 5) is 14.4. The molecule has 1 aliphatic carbocycles. The summed E-state index contributed by atoms with van der Waals surface area (Å²) in [5.74, 6) is -0.253. The van der Waals surface area contributed by atoms with Crippen LogP contribution in [0, 0.1) is 5.82 Å². The SMILES string of the molecule is O=C1C(Sc2ccc(F)cc2)=C(c2ccccc2)c2ccccc21. The minimum Gasteiger partial charge on any atom is -0.288 e. The third kappa shape index (κ3) is 2.57. The van der Waals surface area contributed by atoms with Crippen LogP contribution in [0.1, 0.15) is 21.5 Å². The van der Waals surface area contributed by atoms with Gasteiger partial charge in [-0.15, -0.1) is 0 Å². The first kappa shape index (κ1) is 14.9. The number of carbonyl (C=O) groups excluding carboxylic acids is 1. The van der Waals surface area contributed by atoms with Gasteiger partial charge in [-0.3, -0.25) is 4.79 Å². The highest BCUT2D eigenvalue weighted by molar-refractivity contribution is 8.04. The fraction of sp³-hybridized carbons (Fsp3) is 0. The Morgan fingerprint density at radius 1 is 0.708 bits per heavy atom. The van der Waals surface area contributed by atoms with Crippen LogP contribution in [0.3, 0.4) is 0 Å². The van der Waals surface area contributed by atoms with Crippen molar-refractivity contribution in [2.45, 2.75) is 4.90 Å². The highest BCUT2D eigenvalue weighted by Crippen LogP contribution is 2.44. The summed E-state index contributed by atoms with van der Waals surface area (Å²) >= 11 is 1.39. The van der Waals surface area contributed by atoms with Gasteiger partial charge in [-0.1, -0.05) is 66.4 Å². The first-order valence-electron chi connectivity index (χ1n) is 7.61. The van der Waals surface area contributed by atoms with Gasteiger partial charge in [0.05, 0.1) is 4.91 Å². The van der Waals surface area contributed by atoms with Gasteiger partial charge in [0.1, 0.15) is 5.82 Å². The normalized spacial score (nSPS) is 13.3. The monoisotopic (exact) mass is 332 g/mol. The fourth-order valence-electron chi connectivity index (χ4n) is 2.87. The molecular weight excluding hydrogens is 319 g/mol. The molecule has 3 aromatic rings. The lowest BCUT2D eigenvalue weighted by Gasteiger charge is -2.08. The van der Waals surface area contributed by atoms with Gasteiger partial charge in [0, 0.05) is 16.0 Å². The van der Waals surface area contributed by atoms with E-state index in [0.717, 1.165) is 27.2 Å². The molecule has 24 heavy (non-hydrogen) atoms. The van der Waals surface area contributed by atoms with E-state index < -0.39 is 0 Å². The quantitative estimate of drug-likeness (QED) is 0.623. The van der Waals surface area contributed by atoms with E-state index in [9.17, 15) is 9.18 Å². The van der Waals surface area contributed by atoms with E-state index in [4.69, 9.17) is 0 Å². The summed E-state index contributed by atoms with van der Waals surface area (Å²) < 4.78 is 13.1. The fourth-order valence-corrected chi connectivity index (χ4v) is 3.91. The van der Waals surface area contributed by atoms with Crippen LogP contribution in [-0.4, -0.2) is 5.78 Å². The summed E-state index contributed by atoms with van der Waals surface area (Å²) in [6.45, 7) is 0. The molecule has 3 aromatic carbocycles. The van der Waals surface area contributed by atoms with E-state index in [2.05, 4.69) is 0 Å². The highest BCUT2D eigenvalue weighted by atomic mass is 32.2. The molecule has 1 aliphatic rings. The average Bonchev–Trinajstić information content (AvgIpc) is 2.90. The number of halogens is 1. The lowest BCUT2D eigenvalue weighted by atomic mass is 9.99. The molecule has 0 heterocycles. The molecule has 0 atom stereocenters. The van der Waals surface area contributed by atoms with E-state index in [0.29, 0.717) is 4.91 Å². The third-order valence-electron chi connectivity index (χ3n) is 3.97. The molecule has 0 spiro atoms. The van der Waals surface area contributed by atoms with Crippen molar-refractivity contribution in [2.24, 2.45) is 0 Å². The summed E-state index contributed by atoms with van der Waals surface area (Å²) in [5.41, 5.74) is 3.64. The predicted molar refractivity (Wildman–Crippen MR) is 95.5 cm³/mol. The van der Waals surface area contributed by atoms with Gasteiger partial charge in [-0.25, -0.2) is 4.39 Å². The largest absolute Gasteiger partial charge is 0.288 e. The Kier molecular flexibility index (Phi) is 3.79. The van der Waals surface area contributed by atoms with Crippen molar-refractivity contribution >= 4 is 23.1 Å². The molecule has 0 bridgehead atoms. The van der Waals surface area contributed by atoms with Crippen LogP contribution >= 0.6 is 11.8 Å². The smallest absolute Gasteiger partial charge is 0.200 e. The summed E-state index contributed by atoms with van der Waals surface area (Å²) in [5, 5.41) is 0. The zero-order valence-corrected chi connectivity index (χ0v) is 13.5. The van der Waals surface area contributed by atoms with Gasteiger partial charge in [0.2, 0.25) is 5.78 Å². The Morgan fingerprint density at radius 3 is 2.04 bits per heavy atom. The van der Waals surface area contributed by atoms with E-state index in [1.165, 1.54) is 23.9 Å².